The quantitative estimate of drug-likeness (QED) is 0.739. The Bertz CT molecular complexity index is 842. The first kappa shape index (κ1) is 17.5. The van der Waals surface area contributed by atoms with Gasteiger partial charge >= 0.3 is 6.18 Å². The first-order valence-electron chi connectivity index (χ1n) is 7.40. The second-order valence-corrected chi connectivity index (χ2v) is 6.58. The normalized spacial score (nSPS) is 18.2. The van der Waals surface area contributed by atoms with Crippen LogP contribution in [0, 0.1) is 0 Å². The average molecular weight is 412 g/mol. The molecule has 0 aliphatic carbocycles. The molecule has 2 aromatic carbocycles. The van der Waals surface area contributed by atoms with Gasteiger partial charge in [0, 0.05) is 15.7 Å². The molecule has 1 unspecified atom stereocenters. The molecule has 1 aliphatic heterocycles. The minimum Gasteiger partial charge on any atom is -0.503 e. The summed E-state index contributed by atoms with van der Waals surface area (Å²) in [5, 5.41) is 10.3. The Kier molecular flexibility index (Phi) is 4.36. The zero-order chi connectivity index (χ0) is 18.4. The molecule has 0 bridgehead atoms. The lowest BCUT2D eigenvalue weighted by atomic mass is 9.99. The number of carbonyl (C=O) groups is 1. The zero-order valence-electron chi connectivity index (χ0n) is 13.0. The van der Waals surface area contributed by atoms with Gasteiger partial charge in [0.1, 0.15) is 0 Å². The minimum atomic E-state index is -4.43. The molecule has 130 valence electrons. The highest BCUT2D eigenvalue weighted by molar-refractivity contribution is 9.10. The Morgan fingerprint density at radius 2 is 1.60 bits per heavy atom. The Hall–Kier alpha value is -2.28. The Morgan fingerprint density at radius 1 is 1.04 bits per heavy atom. The Balaban J connectivity index is 1.97. The van der Waals surface area contributed by atoms with Crippen molar-refractivity contribution < 1.29 is 23.1 Å². The standard InChI is InChI=1S/C18H13BrF3NO2/c1-10-15(11-2-4-12(5-3-11)18(20,21)22)16(24)17(25)23(10)14-8-6-13(19)7-9-14/h2-10,24H,1H3. The van der Waals surface area contributed by atoms with Crippen molar-refractivity contribution >= 4 is 33.1 Å². The molecule has 1 amide bonds. The molecule has 1 N–H and O–H groups in total. The van der Waals surface area contributed by atoms with Crippen LogP contribution in [0.4, 0.5) is 18.9 Å². The fraction of sp³-hybridized carbons (Fsp3) is 0.167. The number of hydrogen-bond donors (Lipinski definition) is 1. The van der Waals surface area contributed by atoms with E-state index in [1.807, 2.05) is 0 Å². The Morgan fingerprint density at radius 3 is 2.12 bits per heavy atom. The number of aliphatic hydroxyl groups is 1. The van der Waals surface area contributed by atoms with Gasteiger partial charge in [-0.3, -0.25) is 9.69 Å². The van der Waals surface area contributed by atoms with Gasteiger partial charge in [0.2, 0.25) is 0 Å². The third-order valence-electron chi connectivity index (χ3n) is 4.11. The van der Waals surface area contributed by atoms with Crippen LogP contribution in [-0.4, -0.2) is 17.1 Å². The van der Waals surface area contributed by atoms with E-state index in [-0.39, 0.29) is 0 Å². The maximum atomic E-state index is 12.7. The van der Waals surface area contributed by atoms with Crippen molar-refractivity contribution in [3.05, 3.63) is 69.9 Å². The van der Waals surface area contributed by atoms with E-state index < -0.39 is 29.4 Å². The highest BCUT2D eigenvalue weighted by atomic mass is 79.9. The summed E-state index contributed by atoms with van der Waals surface area (Å²) in [4.78, 5) is 13.8. The highest BCUT2D eigenvalue weighted by Crippen LogP contribution is 2.37. The molecule has 0 saturated carbocycles. The monoisotopic (exact) mass is 411 g/mol. The lowest BCUT2D eigenvalue weighted by Crippen LogP contribution is -2.33. The molecule has 1 atom stereocenters. The maximum absolute atomic E-state index is 12.7. The first-order valence-corrected chi connectivity index (χ1v) is 8.19. The number of amides is 1. The van der Waals surface area contributed by atoms with E-state index in [1.54, 1.807) is 31.2 Å². The largest absolute Gasteiger partial charge is 0.503 e. The van der Waals surface area contributed by atoms with Gasteiger partial charge in [0.25, 0.3) is 5.91 Å². The van der Waals surface area contributed by atoms with E-state index in [4.69, 9.17) is 0 Å². The van der Waals surface area contributed by atoms with E-state index in [9.17, 15) is 23.1 Å². The molecular formula is C18H13BrF3NO2. The van der Waals surface area contributed by atoms with E-state index in [1.165, 1.54) is 17.0 Å². The summed E-state index contributed by atoms with van der Waals surface area (Å²) in [6.07, 6.45) is -4.43. The third-order valence-corrected chi connectivity index (χ3v) is 4.64. The Labute approximate surface area is 150 Å². The summed E-state index contributed by atoms with van der Waals surface area (Å²) in [5.74, 6) is -1.03. The van der Waals surface area contributed by atoms with Crippen LogP contribution in [0.2, 0.25) is 0 Å². The number of anilines is 1. The number of halogens is 4. The van der Waals surface area contributed by atoms with Crippen LogP contribution in [0.5, 0.6) is 0 Å². The predicted molar refractivity (Wildman–Crippen MR) is 92.1 cm³/mol. The number of benzene rings is 2. The lowest BCUT2D eigenvalue weighted by molar-refractivity contribution is -0.137. The summed E-state index contributed by atoms with van der Waals surface area (Å²) >= 11 is 3.31. The molecule has 1 aliphatic rings. The van der Waals surface area contributed by atoms with E-state index in [0.29, 0.717) is 16.8 Å². The molecule has 25 heavy (non-hydrogen) atoms. The minimum absolute atomic E-state index is 0.307. The van der Waals surface area contributed by atoms with Crippen molar-refractivity contribution in [3.8, 4) is 0 Å². The van der Waals surface area contributed by atoms with Crippen molar-refractivity contribution in [1.82, 2.24) is 0 Å². The number of carbonyl (C=O) groups excluding carboxylic acids is 1. The molecule has 3 nitrogen and oxygen atoms in total. The SMILES string of the molecule is CC1C(c2ccc(C(F)(F)F)cc2)=C(O)C(=O)N1c1ccc(Br)cc1. The number of nitrogens with zero attached hydrogens (tertiary/aromatic N) is 1. The van der Waals surface area contributed by atoms with Crippen LogP contribution in [0.25, 0.3) is 5.57 Å². The molecule has 3 rings (SSSR count). The number of rotatable bonds is 2. The van der Waals surface area contributed by atoms with Crippen LogP contribution in [-0.2, 0) is 11.0 Å². The van der Waals surface area contributed by atoms with Gasteiger partial charge in [-0.2, -0.15) is 13.2 Å². The third kappa shape index (κ3) is 3.16. The van der Waals surface area contributed by atoms with Gasteiger partial charge in [-0.15, -0.1) is 0 Å². The fourth-order valence-corrected chi connectivity index (χ4v) is 3.16. The van der Waals surface area contributed by atoms with Crippen LogP contribution in [0.1, 0.15) is 18.1 Å². The topological polar surface area (TPSA) is 40.5 Å². The van der Waals surface area contributed by atoms with Crippen LogP contribution >= 0.6 is 15.9 Å². The van der Waals surface area contributed by atoms with Gasteiger partial charge in [-0.25, -0.2) is 0 Å². The van der Waals surface area contributed by atoms with E-state index in [0.717, 1.165) is 16.6 Å². The van der Waals surface area contributed by atoms with Gasteiger partial charge in [-0.05, 0) is 48.9 Å². The molecule has 0 radical (unpaired) electrons. The molecule has 0 spiro atoms. The number of hydrogen-bond acceptors (Lipinski definition) is 2. The first-order chi connectivity index (χ1) is 11.7. The molecule has 0 aromatic heterocycles. The second-order valence-electron chi connectivity index (χ2n) is 5.66. The summed E-state index contributed by atoms with van der Waals surface area (Å²) in [5.41, 5.74) is 0.500. The molecule has 2 aromatic rings. The predicted octanol–water partition coefficient (Wildman–Crippen LogP) is 5.17. The number of alkyl halides is 3. The van der Waals surface area contributed by atoms with E-state index in [2.05, 4.69) is 15.9 Å². The average Bonchev–Trinajstić information content (AvgIpc) is 2.78. The summed E-state index contributed by atoms with van der Waals surface area (Å²) < 4.78 is 38.9. The van der Waals surface area contributed by atoms with Crippen molar-refractivity contribution in [1.29, 1.82) is 0 Å². The molecular weight excluding hydrogens is 399 g/mol. The smallest absolute Gasteiger partial charge is 0.416 e. The van der Waals surface area contributed by atoms with Gasteiger partial charge < -0.3 is 5.11 Å². The summed E-state index contributed by atoms with van der Waals surface area (Å²) in [6, 6.07) is 10.9. The van der Waals surface area contributed by atoms with Crippen molar-refractivity contribution in [2.45, 2.75) is 19.1 Å². The molecule has 7 heteroatoms. The van der Waals surface area contributed by atoms with Crippen molar-refractivity contribution in [2.24, 2.45) is 0 Å². The van der Waals surface area contributed by atoms with Crippen LogP contribution < -0.4 is 4.90 Å². The zero-order valence-corrected chi connectivity index (χ0v) is 14.6. The summed E-state index contributed by atoms with van der Waals surface area (Å²) in [6.45, 7) is 1.72. The van der Waals surface area contributed by atoms with Crippen LogP contribution in [0.3, 0.4) is 0 Å². The second kappa shape index (κ2) is 6.22. The molecule has 1 heterocycles. The highest BCUT2D eigenvalue weighted by Gasteiger charge is 2.38. The van der Waals surface area contributed by atoms with Crippen molar-refractivity contribution in [2.75, 3.05) is 4.90 Å². The fourth-order valence-electron chi connectivity index (χ4n) is 2.89. The van der Waals surface area contributed by atoms with Gasteiger partial charge in [0.15, 0.2) is 5.76 Å². The molecule has 0 fully saturated rings. The maximum Gasteiger partial charge on any atom is 0.416 e. The van der Waals surface area contributed by atoms with Crippen LogP contribution in [0.15, 0.2) is 58.8 Å². The number of aliphatic hydroxyl groups excluding tert-OH is 1. The van der Waals surface area contributed by atoms with E-state index >= 15 is 0 Å². The lowest BCUT2D eigenvalue weighted by Gasteiger charge is -2.23. The van der Waals surface area contributed by atoms with Gasteiger partial charge in [-0.1, -0.05) is 28.1 Å². The van der Waals surface area contributed by atoms with Crippen molar-refractivity contribution in [3.63, 3.8) is 0 Å². The molecule has 0 saturated heterocycles. The summed E-state index contributed by atoms with van der Waals surface area (Å²) in [7, 11) is 0. The van der Waals surface area contributed by atoms with Gasteiger partial charge in [0.05, 0.1) is 11.6 Å².